The predicted molar refractivity (Wildman–Crippen MR) is 84.5 cm³/mol. The number of fused-ring (bicyclic) bond motifs is 2. The lowest BCUT2D eigenvalue weighted by Crippen LogP contribution is -2.56. The molecule has 0 radical (unpaired) electrons. The Bertz CT molecular complexity index is 651. The van der Waals surface area contributed by atoms with Crippen molar-refractivity contribution in [2.45, 2.75) is 50.3 Å². The monoisotopic (exact) mass is 349 g/mol. The number of rotatable bonds is 7. The molecule has 134 valence electrons. The van der Waals surface area contributed by atoms with Gasteiger partial charge in [-0.1, -0.05) is 35.4 Å². The third-order valence-corrected chi connectivity index (χ3v) is 4.22. The molecule has 25 heavy (non-hydrogen) atoms. The molecule has 0 amide bonds. The van der Waals surface area contributed by atoms with Crippen LogP contribution in [0.1, 0.15) is 12.5 Å². The van der Waals surface area contributed by atoms with Gasteiger partial charge in [0.25, 0.3) is 0 Å². The number of ether oxygens (including phenoxy) is 4. The third kappa shape index (κ3) is 3.92. The van der Waals surface area contributed by atoms with E-state index in [0.29, 0.717) is 6.61 Å². The Labute approximate surface area is 144 Å². The minimum Gasteiger partial charge on any atom is -0.479 e. The fourth-order valence-corrected chi connectivity index (χ4v) is 2.95. The van der Waals surface area contributed by atoms with Crippen LogP contribution in [0.2, 0.25) is 0 Å². The zero-order valence-electron chi connectivity index (χ0n) is 13.6. The average Bonchev–Trinajstić information content (AvgIpc) is 3.04. The Hall–Kier alpha value is -2.16. The van der Waals surface area contributed by atoms with Crippen molar-refractivity contribution in [2.75, 3.05) is 6.61 Å². The van der Waals surface area contributed by atoms with Crippen LogP contribution in [0.4, 0.5) is 0 Å². The topological polar surface area (TPSA) is 123 Å². The van der Waals surface area contributed by atoms with Crippen molar-refractivity contribution >= 4 is 5.97 Å². The van der Waals surface area contributed by atoms with E-state index >= 15 is 0 Å². The summed E-state index contributed by atoms with van der Waals surface area (Å²) < 4.78 is 22.8. The molecule has 3 unspecified atom stereocenters. The fraction of sp³-hybridized carbons (Fsp3) is 0.562. The van der Waals surface area contributed by atoms with E-state index < -0.39 is 42.7 Å². The van der Waals surface area contributed by atoms with Gasteiger partial charge in [0.15, 0.2) is 12.4 Å². The quantitative estimate of drug-likeness (QED) is 0.455. The van der Waals surface area contributed by atoms with Crippen LogP contribution in [0.5, 0.6) is 0 Å². The highest BCUT2D eigenvalue weighted by Crippen LogP contribution is 2.34. The molecule has 2 heterocycles. The molecule has 2 aliphatic rings. The van der Waals surface area contributed by atoms with Crippen LogP contribution in [0.15, 0.2) is 35.4 Å². The van der Waals surface area contributed by atoms with E-state index in [1.807, 2.05) is 30.3 Å². The first kappa shape index (κ1) is 17.7. The summed E-state index contributed by atoms with van der Waals surface area (Å²) in [5.41, 5.74) is 9.79. The Morgan fingerprint density at radius 1 is 1.44 bits per heavy atom. The molecule has 9 nitrogen and oxygen atoms in total. The smallest absolute Gasteiger partial charge is 0.332 e. The van der Waals surface area contributed by atoms with E-state index in [9.17, 15) is 4.79 Å². The predicted octanol–water partition coefficient (Wildman–Crippen LogP) is 1.86. The SMILES string of the molecule is C[C@@H](OC1C(N=[N+]=[N-])[C@@H]2OCC(O2)[C@H]1OCc1ccccc1)C(=O)O. The highest BCUT2D eigenvalue weighted by Gasteiger charge is 2.52. The first-order chi connectivity index (χ1) is 12.1. The molecule has 9 heteroatoms. The average molecular weight is 349 g/mol. The number of carboxylic acids is 1. The molecular weight excluding hydrogens is 330 g/mol. The van der Waals surface area contributed by atoms with Crippen molar-refractivity contribution in [3.05, 3.63) is 46.3 Å². The molecule has 1 aromatic carbocycles. The summed E-state index contributed by atoms with van der Waals surface area (Å²) in [5, 5.41) is 12.8. The zero-order valence-corrected chi connectivity index (χ0v) is 13.6. The summed E-state index contributed by atoms with van der Waals surface area (Å²) in [6.07, 6.45) is -3.65. The summed E-state index contributed by atoms with van der Waals surface area (Å²) in [7, 11) is 0. The summed E-state index contributed by atoms with van der Waals surface area (Å²) in [4.78, 5) is 14.0. The van der Waals surface area contributed by atoms with Crippen molar-refractivity contribution < 1.29 is 28.8 Å². The van der Waals surface area contributed by atoms with Gasteiger partial charge in [-0.05, 0) is 18.0 Å². The van der Waals surface area contributed by atoms with Gasteiger partial charge >= 0.3 is 5.97 Å². The first-order valence-electron chi connectivity index (χ1n) is 7.95. The molecule has 2 aliphatic heterocycles. The number of nitrogens with zero attached hydrogens (tertiary/aromatic N) is 3. The van der Waals surface area contributed by atoms with Crippen molar-refractivity contribution in [1.29, 1.82) is 0 Å². The standard InChI is InChI=1S/C16H19N3O6/c1-9(15(20)21)24-14-12(18-19-17)16-23-8-11(25-16)13(14)22-7-10-5-3-2-4-6-10/h2-6,9,11-14,16H,7-8H2,1H3,(H,20,21)/t9-,11?,12?,13-,14?,16-/m1/s1. The number of benzene rings is 1. The second kappa shape index (κ2) is 7.81. The second-order valence-electron chi connectivity index (χ2n) is 5.91. The van der Waals surface area contributed by atoms with Gasteiger partial charge in [0.2, 0.25) is 0 Å². The van der Waals surface area contributed by atoms with E-state index in [2.05, 4.69) is 10.0 Å². The van der Waals surface area contributed by atoms with Gasteiger partial charge in [0.05, 0.1) is 13.2 Å². The summed E-state index contributed by atoms with van der Waals surface area (Å²) in [6, 6.07) is 8.70. The summed E-state index contributed by atoms with van der Waals surface area (Å²) in [5.74, 6) is -1.11. The molecule has 1 N–H and O–H groups in total. The molecule has 3 rings (SSSR count). The van der Waals surface area contributed by atoms with Gasteiger partial charge in [0.1, 0.15) is 24.4 Å². The van der Waals surface area contributed by atoms with E-state index in [0.717, 1.165) is 5.56 Å². The number of azide groups is 1. The van der Waals surface area contributed by atoms with Crippen LogP contribution in [-0.4, -0.2) is 54.4 Å². The van der Waals surface area contributed by atoms with E-state index in [4.69, 9.17) is 29.6 Å². The highest BCUT2D eigenvalue weighted by atomic mass is 16.7. The Balaban J connectivity index is 1.80. The maximum atomic E-state index is 11.2. The number of hydrogen-bond donors (Lipinski definition) is 1. The lowest BCUT2D eigenvalue weighted by Gasteiger charge is -2.39. The Kier molecular flexibility index (Phi) is 5.52. The normalized spacial score (nSPS) is 32.0. The van der Waals surface area contributed by atoms with Gasteiger partial charge in [-0.15, -0.1) is 0 Å². The minimum absolute atomic E-state index is 0.267. The van der Waals surface area contributed by atoms with Crippen molar-refractivity contribution in [1.82, 2.24) is 0 Å². The van der Waals surface area contributed by atoms with Crippen molar-refractivity contribution in [3.63, 3.8) is 0 Å². The number of carbonyl (C=O) groups is 1. The first-order valence-corrected chi connectivity index (χ1v) is 7.95. The Morgan fingerprint density at radius 2 is 2.20 bits per heavy atom. The van der Waals surface area contributed by atoms with E-state index in [1.54, 1.807) is 0 Å². The molecular formula is C16H19N3O6. The molecule has 0 saturated carbocycles. The number of carboxylic acid groups (broad SMARTS) is 1. The maximum Gasteiger partial charge on any atom is 0.332 e. The maximum absolute atomic E-state index is 11.2. The molecule has 2 fully saturated rings. The van der Waals surface area contributed by atoms with E-state index in [1.165, 1.54) is 6.92 Å². The molecule has 0 aliphatic carbocycles. The zero-order chi connectivity index (χ0) is 17.8. The van der Waals surface area contributed by atoms with Crippen LogP contribution in [0, 0.1) is 0 Å². The molecule has 2 saturated heterocycles. The van der Waals surface area contributed by atoms with Crippen molar-refractivity contribution in [3.8, 4) is 0 Å². The lowest BCUT2D eigenvalue weighted by atomic mass is 9.98. The summed E-state index contributed by atoms with van der Waals surface area (Å²) >= 11 is 0. The molecule has 6 atom stereocenters. The van der Waals surface area contributed by atoms with Crippen LogP contribution >= 0.6 is 0 Å². The van der Waals surface area contributed by atoms with Gasteiger partial charge in [-0.2, -0.15) is 0 Å². The fourth-order valence-electron chi connectivity index (χ4n) is 2.95. The molecule has 1 aromatic rings. The highest BCUT2D eigenvalue weighted by molar-refractivity contribution is 5.71. The molecule has 0 spiro atoms. The second-order valence-corrected chi connectivity index (χ2v) is 5.91. The van der Waals surface area contributed by atoms with Crippen LogP contribution < -0.4 is 0 Å². The number of aliphatic carboxylic acids is 1. The van der Waals surface area contributed by atoms with Gasteiger partial charge in [-0.3, -0.25) is 0 Å². The van der Waals surface area contributed by atoms with E-state index in [-0.39, 0.29) is 6.61 Å². The Morgan fingerprint density at radius 3 is 2.88 bits per heavy atom. The number of hydrogen-bond acceptors (Lipinski definition) is 6. The van der Waals surface area contributed by atoms with Gasteiger partial charge in [0, 0.05) is 4.91 Å². The largest absolute Gasteiger partial charge is 0.479 e. The van der Waals surface area contributed by atoms with Gasteiger partial charge in [-0.25, -0.2) is 4.79 Å². The lowest BCUT2D eigenvalue weighted by molar-refractivity contribution is -0.220. The van der Waals surface area contributed by atoms with Crippen LogP contribution in [0.3, 0.4) is 0 Å². The minimum atomic E-state index is -1.11. The van der Waals surface area contributed by atoms with Gasteiger partial charge < -0.3 is 24.1 Å². The van der Waals surface area contributed by atoms with Crippen LogP contribution in [-0.2, 0) is 30.3 Å². The van der Waals surface area contributed by atoms with Crippen LogP contribution in [0.25, 0.3) is 10.4 Å². The molecule has 2 bridgehead atoms. The van der Waals surface area contributed by atoms with Crippen molar-refractivity contribution in [2.24, 2.45) is 5.11 Å². The summed E-state index contributed by atoms with van der Waals surface area (Å²) in [6.45, 7) is 1.98. The third-order valence-electron chi connectivity index (χ3n) is 4.22. The molecule has 0 aromatic heterocycles.